The number of phenolic OH excluding ortho intramolecular Hbond substituents is 1. The van der Waals surface area contributed by atoms with Gasteiger partial charge in [-0.1, -0.05) is 18.2 Å². The minimum absolute atomic E-state index is 0.0479. The number of benzene rings is 2. The van der Waals surface area contributed by atoms with Crippen LogP contribution in [0.25, 0.3) is 0 Å². The first kappa shape index (κ1) is 12.5. The Balaban J connectivity index is 1.90. The Morgan fingerprint density at radius 1 is 1.25 bits per heavy atom. The van der Waals surface area contributed by atoms with Crippen LogP contribution < -0.4 is 5.32 Å². The number of hydrogen-bond acceptors (Lipinski definition) is 4. The van der Waals surface area contributed by atoms with Gasteiger partial charge in [0.05, 0.1) is 11.0 Å². The Kier molecular flexibility index (Phi) is 3.02. The summed E-state index contributed by atoms with van der Waals surface area (Å²) in [6.07, 6.45) is 1.73. The van der Waals surface area contributed by atoms with Crippen molar-refractivity contribution in [2.45, 2.75) is 18.9 Å². The lowest BCUT2D eigenvalue weighted by Gasteiger charge is -2.15. The summed E-state index contributed by atoms with van der Waals surface area (Å²) < 4.78 is 0. The van der Waals surface area contributed by atoms with Gasteiger partial charge in [-0.2, -0.15) is 0 Å². The molecule has 2 aromatic carbocycles. The molecule has 0 saturated heterocycles. The van der Waals surface area contributed by atoms with Gasteiger partial charge in [0.15, 0.2) is 0 Å². The second-order valence-corrected chi connectivity index (χ2v) is 4.89. The number of anilines is 1. The Morgan fingerprint density at radius 3 is 2.85 bits per heavy atom. The van der Waals surface area contributed by atoms with Crippen molar-refractivity contribution in [1.82, 2.24) is 0 Å². The Labute approximate surface area is 116 Å². The van der Waals surface area contributed by atoms with Gasteiger partial charge in [0.25, 0.3) is 5.69 Å². The van der Waals surface area contributed by atoms with Crippen molar-refractivity contribution in [3.8, 4) is 5.75 Å². The van der Waals surface area contributed by atoms with E-state index in [1.807, 2.05) is 6.07 Å². The summed E-state index contributed by atoms with van der Waals surface area (Å²) in [6, 6.07) is 12.0. The predicted molar refractivity (Wildman–Crippen MR) is 75.9 cm³/mol. The normalized spacial score (nSPS) is 16.7. The third-order valence-electron chi connectivity index (χ3n) is 3.63. The molecule has 3 rings (SSSR count). The summed E-state index contributed by atoms with van der Waals surface area (Å²) in [7, 11) is 0. The molecule has 102 valence electrons. The summed E-state index contributed by atoms with van der Waals surface area (Å²) in [4.78, 5) is 10.6. The molecule has 0 saturated carbocycles. The number of fused-ring (bicyclic) bond motifs is 1. The third-order valence-corrected chi connectivity index (χ3v) is 3.63. The van der Waals surface area contributed by atoms with Crippen LogP contribution in [0.2, 0.25) is 0 Å². The highest BCUT2D eigenvalue weighted by molar-refractivity contribution is 5.62. The van der Waals surface area contributed by atoms with Crippen LogP contribution in [0, 0.1) is 10.1 Å². The number of hydrogen-bond donors (Lipinski definition) is 2. The van der Waals surface area contributed by atoms with Crippen LogP contribution in [0.3, 0.4) is 0 Å². The van der Waals surface area contributed by atoms with Gasteiger partial charge < -0.3 is 10.4 Å². The molecule has 20 heavy (non-hydrogen) atoms. The molecule has 0 fully saturated rings. The van der Waals surface area contributed by atoms with Crippen LogP contribution in [-0.2, 0) is 6.42 Å². The first-order valence-corrected chi connectivity index (χ1v) is 6.47. The van der Waals surface area contributed by atoms with Crippen LogP contribution in [-0.4, -0.2) is 10.0 Å². The number of phenols is 1. The van der Waals surface area contributed by atoms with E-state index in [0.29, 0.717) is 5.69 Å². The zero-order valence-corrected chi connectivity index (χ0v) is 10.7. The molecule has 0 radical (unpaired) electrons. The standard InChI is InChI=1S/C15H14N2O3/c18-11-6-7-12-10(9-11)5-8-13(12)16-14-3-1-2-4-15(14)17(19)20/h1-4,6-7,9,13,16,18H,5,8H2. The first-order chi connectivity index (χ1) is 9.65. The maximum atomic E-state index is 11.0. The van der Waals surface area contributed by atoms with Gasteiger partial charge in [-0.3, -0.25) is 10.1 Å². The molecule has 1 atom stereocenters. The molecule has 0 aliphatic heterocycles. The van der Waals surface area contributed by atoms with Crippen LogP contribution in [0.1, 0.15) is 23.6 Å². The summed E-state index contributed by atoms with van der Waals surface area (Å²) in [5, 5.41) is 23.7. The Hall–Kier alpha value is -2.56. The van der Waals surface area contributed by atoms with Gasteiger partial charge >= 0.3 is 0 Å². The maximum Gasteiger partial charge on any atom is 0.292 e. The van der Waals surface area contributed by atoms with E-state index in [4.69, 9.17) is 0 Å². The Bertz CT molecular complexity index is 670. The highest BCUT2D eigenvalue weighted by Gasteiger charge is 2.24. The average Bonchev–Trinajstić information content (AvgIpc) is 2.81. The van der Waals surface area contributed by atoms with Crippen molar-refractivity contribution >= 4 is 11.4 Å². The SMILES string of the molecule is O=[N+]([O-])c1ccccc1NC1CCc2cc(O)ccc21. The number of nitrogens with zero attached hydrogens (tertiary/aromatic N) is 1. The second kappa shape index (κ2) is 4.85. The number of aryl methyl sites for hydroxylation is 1. The highest BCUT2D eigenvalue weighted by Crippen LogP contribution is 2.37. The minimum Gasteiger partial charge on any atom is -0.508 e. The van der Waals surface area contributed by atoms with Crippen molar-refractivity contribution in [2.24, 2.45) is 0 Å². The average molecular weight is 270 g/mol. The van der Waals surface area contributed by atoms with E-state index in [-0.39, 0.29) is 22.4 Å². The van der Waals surface area contributed by atoms with Crippen molar-refractivity contribution < 1.29 is 10.0 Å². The molecular formula is C15H14N2O3. The van der Waals surface area contributed by atoms with Gasteiger partial charge in [-0.15, -0.1) is 0 Å². The largest absolute Gasteiger partial charge is 0.508 e. The van der Waals surface area contributed by atoms with Gasteiger partial charge in [-0.05, 0) is 42.2 Å². The molecule has 1 unspecified atom stereocenters. The molecule has 5 nitrogen and oxygen atoms in total. The zero-order chi connectivity index (χ0) is 14.1. The quantitative estimate of drug-likeness (QED) is 0.662. The van der Waals surface area contributed by atoms with E-state index >= 15 is 0 Å². The maximum absolute atomic E-state index is 11.0. The van der Waals surface area contributed by atoms with Crippen LogP contribution in [0.5, 0.6) is 5.75 Å². The van der Waals surface area contributed by atoms with Gasteiger partial charge in [0.1, 0.15) is 11.4 Å². The number of para-hydroxylation sites is 2. The molecule has 0 aromatic heterocycles. The predicted octanol–water partition coefficient (Wildman–Crippen LogP) is 3.40. The summed E-state index contributed by atoms with van der Waals surface area (Å²) in [6.45, 7) is 0. The molecule has 0 amide bonds. The molecule has 2 N–H and O–H groups in total. The summed E-state index contributed by atoms with van der Waals surface area (Å²) >= 11 is 0. The lowest BCUT2D eigenvalue weighted by Crippen LogP contribution is -2.08. The smallest absolute Gasteiger partial charge is 0.292 e. The Morgan fingerprint density at radius 2 is 2.05 bits per heavy atom. The van der Waals surface area contributed by atoms with Crippen molar-refractivity contribution in [2.75, 3.05) is 5.32 Å². The minimum atomic E-state index is -0.380. The van der Waals surface area contributed by atoms with Crippen molar-refractivity contribution in [1.29, 1.82) is 0 Å². The molecule has 5 heteroatoms. The summed E-state index contributed by atoms with van der Waals surface area (Å²) in [5.74, 6) is 0.259. The fourth-order valence-corrected chi connectivity index (χ4v) is 2.70. The van der Waals surface area contributed by atoms with E-state index < -0.39 is 0 Å². The monoisotopic (exact) mass is 270 g/mol. The molecule has 1 aliphatic rings. The van der Waals surface area contributed by atoms with Gasteiger partial charge in [-0.25, -0.2) is 0 Å². The lowest BCUT2D eigenvalue weighted by atomic mass is 10.1. The van der Waals surface area contributed by atoms with E-state index in [1.54, 1.807) is 30.3 Å². The zero-order valence-electron chi connectivity index (χ0n) is 10.7. The number of nitrogens with one attached hydrogen (secondary N) is 1. The fraction of sp³-hybridized carbons (Fsp3) is 0.200. The van der Waals surface area contributed by atoms with E-state index in [2.05, 4.69) is 5.32 Å². The van der Waals surface area contributed by atoms with Gasteiger partial charge in [0.2, 0.25) is 0 Å². The fourth-order valence-electron chi connectivity index (χ4n) is 2.70. The molecule has 2 aromatic rings. The van der Waals surface area contributed by atoms with Crippen LogP contribution >= 0.6 is 0 Å². The van der Waals surface area contributed by atoms with Crippen LogP contribution in [0.4, 0.5) is 11.4 Å². The van der Waals surface area contributed by atoms with E-state index in [1.165, 1.54) is 6.07 Å². The highest BCUT2D eigenvalue weighted by atomic mass is 16.6. The van der Waals surface area contributed by atoms with Crippen molar-refractivity contribution in [3.63, 3.8) is 0 Å². The van der Waals surface area contributed by atoms with E-state index in [9.17, 15) is 15.2 Å². The third kappa shape index (κ3) is 2.18. The molecule has 0 heterocycles. The summed E-state index contributed by atoms with van der Waals surface area (Å²) in [5.41, 5.74) is 2.81. The number of rotatable bonds is 3. The van der Waals surface area contributed by atoms with Crippen LogP contribution in [0.15, 0.2) is 42.5 Å². The molecule has 1 aliphatic carbocycles. The topological polar surface area (TPSA) is 75.4 Å². The first-order valence-electron chi connectivity index (χ1n) is 6.47. The molecular weight excluding hydrogens is 256 g/mol. The second-order valence-electron chi connectivity index (χ2n) is 4.89. The van der Waals surface area contributed by atoms with E-state index in [0.717, 1.165) is 24.0 Å². The van der Waals surface area contributed by atoms with Crippen molar-refractivity contribution in [3.05, 3.63) is 63.7 Å². The number of nitro groups is 1. The molecule has 0 spiro atoms. The van der Waals surface area contributed by atoms with Gasteiger partial charge in [0, 0.05) is 6.07 Å². The number of nitro benzene ring substituents is 1. The molecule has 0 bridgehead atoms. The lowest BCUT2D eigenvalue weighted by molar-refractivity contribution is -0.384. The number of aromatic hydroxyl groups is 1.